The summed E-state index contributed by atoms with van der Waals surface area (Å²) in [7, 11) is 4.12. The van der Waals surface area contributed by atoms with Gasteiger partial charge in [-0.15, -0.1) is 0 Å². The lowest BCUT2D eigenvalue weighted by Gasteiger charge is -2.45. The minimum absolute atomic E-state index is 0.174. The monoisotopic (exact) mass is 294 g/mol. The van der Waals surface area contributed by atoms with Gasteiger partial charge in [-0.1, -0.05) is 0 Å². The van der Waals surface area contributed by atoms with Crippen LogP contribution in [0.2, 0.25) is 0 Å². The summed E-state index contributed by atoms with van der Waals surface area (Å²) in [5, 5.41) is 3.28. The van der Waals surface area contributed by atoms with Crippen molar-refractivity contribution < 1.29 is 4.39 Å². The fourth-order valence-electron chi connectivity index (χ4n) is 2.88. The average Bonchev–Trinajstić information content (AvgIpc) is 2.45. The zero-order valence-electron chi connectivity index (χ0n) is 13.6. The highest BCUT2D eigenvalue weighted by Crippen LogP contribution is 2.21. The summed E-state index contributed by atoms with van der Waals surface area (Å²) in [6.45, 7) is 8.89. The molecule has 0 aliphatic carbocycles. The molecule has 1 atom stereocenters. The van der Waals surface area contributed by atoms with Crippen molar-refractivity contribution >= 4 is 0 Å². The molecule has 1 aliphatic heterocycles. The Morgan fingerprint density at radius 1 is 1.38 bits per heavy atom. The van der Waals surface area contributed by atoms with Crippen molar-refractivity contribution in [3.63, 3.8) is 0 Å². The molecular formula is C16H27FN4. The van der Waals surface area contributed by atoms with Crippen molar-refractivity contribution in [1.82, 2.24) is 20.1 Å². The van der Waals surface area contributed by atoms with Gasteiger partial charge in [0.05, 0.1) is 17.9 Å². The van der Waals surface area contributed by atoms with Crippen molar-refractivity contribution in [3.8, 4) is 0 Å². The van der Waals surface area contributed by atoms with Gasteiger partial charge in [-0.25, -0.2) is 4.39 Å². The van der Waals surface area contributed by atoms with E-state index in [9.17, 15) is 4.39 Å². The first-order valence-corrected chi connectivity index (χ1v) is 7.65. The van der Waals surface area contributed by atoms with Gasteiger partial charge in [0, 0.05) is 31.7 Å². The van der Waals surface area contributed by atoms with Gasteiger partial charge in [-0.3, -0.25) is 9.88 Å². The SMILES string of the molecule is CNC(CCN1CCN(C)C(C)(C)C1)c1ccc(F)cn1. The van der Waals surface area contributed by atoms with Crippen molar-refractivity contribution in [2.75, 3.05) is 40.3 Å². The van der Waals surface area contributed by atoms with E-state index in [-0.39, 0.29) is 17.4 Å². The van der Waals surface area contributed by atoms with Crippen LogP contribution in [0.15, 0.2) is 18.3 Å². The number of nitrogens with one attached hydrogen (secondary N) is 1. The highest BCUT2D eigenvalue weighted by atomic mass is 19.1. The molecule has 0 saturated carbocycles. The third kappa shape index (κ3) is 4.22. The normalized spacial score (nSPS) is 21.4. The van der Waals surface area contributed by atoms with Crippen molar-refractivity contribution in [2.24, 2.45) is 0 Å². The van der Waals surface area contributed by atoms with E-state index in [0.717, 1.165) is 38.3 Å². The average molecular weight is 294 g/mol. The molecule has 2 heterocycles. The highest BCUT2D eigenvalue weighted by Gasteiger charge is 2.30. The Balaban J connectivity index is 1.90. The summed E-state index contributed by atoms with van der Waals surface area (Å²) in [5.74, 6) is -0.283. The maximum Gasteiger partial charge on any atom is 0.141 e. The molecule has 1 aliphatic rings. The summed E-state index contributed by atoms with van der Waals surface area (Å²) in [4.78, 5) is 9.11. The van der Waals surface area contributed by atoms with Crippen LogP contribution in [0, 0.1) is 5.82 Å². The molecule has 0 amide bonds. The van der Waals surface area contributed by atoms with E-state index in [0.29, 0.717) is 0 Å². The third-order valence-electron chi connectivity index (χ3n) is 4.59. The molecule has 1 saturated heterocycles. The van der Waals surface area contributed by atoms with E-state index in [4.69, 9.17) is 0 Å². The number of hydrogen-bond acceptors (Lipinski definition) is 4. The number of pyridine rings is 1. The van der Waals surface area contributed by atoms with Crippen LogP contribution in [-0.4, -0.2) is 60.6 Å². The molecule has 118 valence electrons. The van der Waals surface area contributed by atoms with Crippen LogP contribution in [0.5, 0.6) is 0 Å². The van der Waals surface area contributed by atoms with Crippen LogP contribution < -0.4 is 5.32 Å². The first kappa shape index (κ1) is 16.3. The second kappa shape index (κ2) is 6.81. The summed E-state index contributed by atoms with van der Waals surface area (Å²) >= 11 is 0. The number of nitrogens with zero attached hydrogens (tertiary/aromatic N) is 3. The van der Waals surface area contributed by atoms with E-state index < -0.39 is 0 Å². The Labute approximate surface area is 127 Å². The van der Waals surface area contributed by atoms with E-state index >= 15 is 0 Å². The van der Waals surface area contributed by atoms with Gasteiger partial charge >= 0.3 is 0 Å². The Morgan fingerprint density at radius 3 is 2.71 bits per heavy atom. The Hall–Kier alpha value is -1.04. The molecule has 1 unspecified atom stereocenters. The molecule has 0 radical (unpaired) electrons. The Morgan fingerprint density at radius 2 is 2.14 bits per heavy atom. The van der Waals surface area contributed by atoms with Gasteiger partial charge in [-0.2, -0.15) is 0 Å². The molecule has 1 N–H and O–H groups in total. The Kier molecular flexibility index (Phi) is 5.30. The quantitative estimate of drug-likeness (QED) is 0.899. The Bertz CT molecular complexity index is 446. The fraction of sp³-hybridized carbons (Fsp3) is 0.688. The van der Waals surface area contributed by atoms with Gasteiger partial charge < -0.3 is 10.2 Å². The first-order valence-electron chi connectivity index (χ1n) is 7.65. The predicted molar refractivity (Wildman–Crippen MR) is 83.8 cm³/mol. The second-order valence-corrected chi connectivity index (χ2v) is 6.54. The first-order chi connectivity index (χ1) is 9.92. The minimum Gasteiger partial charge on any atom is -0.312 e. The van der Waals surface area contributed by atoms with Gasteiger partial charge in [-0.05, 0) is 46.5 Å². The van der Waals surface area contributed by atoms with Crippen LogP contribution in [0.25, 0.3) is 0 Å². The maximum absolute atomic E-state index is 13.0. The van der Waals surface area contributed by atoms with Crippen LogP contribution in [-0.2, 0) is 0 Å². The van der Waals surface area contributed by atoms with E-state index in [2.05, 4.69) is 41.0 Å². The zero-order valence-corrected chi connectivity index (χ0v) is 13.6. The van der Waals surface area contributed by atoms with Crippen LogP contribution in [0.3, 0.4) is 0 Å². The number of aromatic nitrogens is 1. The van der Waals surface area contributed by atoms with Gasteiger partial charge in [0.2, 0.25) is 0 Å². The number of likely N-dealkylation sites (N-methyl/N-ethyl adjacent to an activating group) is 1. The molecular weight excluding hydrogens is 267 g/mol. The molecule has 0 bridgehead atoms. The highest BCUT2D eigenvalue weighted by molar-refractivity contribution is 5.09. The topological polar surface area (TPSA) is 31.4 Å². The lowest BCUT2D eigenvalue weighted by molar-refractivity contribution is 0.0382. The fourth-order valence-corrected chi connectivity index (χ4v) is 2.88. The summed E-state index contributed by atoms with van der Waals surface area (Å²) in [6.07, 6.45) is 2.27. The van der Waals surface area contributed by atoms with E-state index in [1.165, 1.54) is 12.3 Å². The second-order valence-electron chi connectivity index (χ2n) is 6.54. The standard InChI is InChI=1S/C16H27FN4/c1-16(2)12-21(10-9-20(16)4)8-7-14(18-3)15-6-5-13(17)11-19-15/h5-6,11,14,18H,7-10,12H2,1-4H3. The molecule has 1 fully saturated rings. The lowest BCUT2D eigenvalue weighted by atomic mass is 9.99. The summed E-state index contributed by atoms with van der Waals surface area (Å²) in [6, 6.07) is 3.42. The molecule has 0 spiro atoms. The molecule has 1 aromatic rings. The number of halogens is 1. The number of hydrogen-bond donors (Lipinski definition) is 1. The van der Waals surface area contributed by atoms with Gasteiger partial charge in [0.15, 0.2) is 0 Å². The van der Waals surface area contributed by atoms with Gasteiger partial charge in [0.1, 0.15) is 5.82 Å². The molecule has 21 heavy (non-hydrogen) atoms. The lowest BCUT2D eigenvalue weighted by Crippen LogP contribution is -2.57. The molecule has 0 aromatic carbocycles. The van der Waals surface area contributed by atoms with Crippen LogP contribution in [0.1, 0.15) is 32.0 Å². The van der Waals surface area contributed by atoms with Crippen molar-refractivity contribution in [2.45, 2.75) is 31.8 Å². The van der Waals surface area contributed by atoms with Crippen molar-refractivity contribution in [3.05, 3.63) is 29.8 Å². The van der Waals surface area contributed by atoms with Crippen LogP contribution >= 0.6 is 0 Å². The zero-order chi connectivity index (χ0) is 15.5. The smallest absolute Gasteiger partial charge is 0.141 e. The molecule has 4 nitrogen and oxygen atoms in total. The molecule has 2 rings (SSSR count). The third-order valence-corrected chi connectivity index (χ3v) is 4.59. The predicted octanol–water partition coefficient (Wildman–Crippen LogP) is 1.90. The van der Waals surface area contributed by atoms with E-state index in [1.54, 1.807) is 6.07 Å². The largest absolute Gasteiger partial charge is 0.312 e. The van der Waals surface area contributed by atoms with Gasteiger partial charge in [0.25, 0.3) is 0 Å². The summed E-state index contributed by atoms with van der Waals surface area (Å²) in [5.41, 5.74) is 1.13. The number of rotatable bonds is 5. The van der Waals surface area contributed by atoms with E-state index in [1.807, 2.05) is 7.05 Å². The van der Waals surface area contributed by atoms with Crippen LogP contribution in [0.4, 0.5) is 4.39 Å². The molecule has 1 aromatic heterocycles. The minimum atomic E-state index is -0.283. The van der Waals surface area contributed by atoms with Crippen molar-refractivity contribution in [1.29, 1.82) is 0 Å². The maximum atomic E-state index is 13.0. The summed E-state index contributed by atoms with van der Waals surface area (Å²) < 4.78 is 13.0. The molecule has 5 heteroatoms. The number of piperazine rings is 1.